The van der Waals surface area contributed by atoms with Gasteiger partial charge in [0.2, 0.25) is 0 Å². The lowest BCUT2D eigenvalue weighted by molar-refractivity contribution is -0.144. The summed E-state index contributed by atoms with van der Waals surface area (Å²) in [6.45, 7) is 7.26. The standard InChI is InChI=1S/C28H30Cl2N2O3/c1-4-35-28(34)23(20-7-5-8-22(16-20)31-17-18(2)3)15-19-11-13-21(14-12-19)32-27(33)26-24(29)9-6-10-25(26)30/h5-14,16,18,23,31H,4,15,17H2,1-3H3,(H,32,33). The van der Waals surface area contributed by atoms with Crippen LogP contribution in [0.15, 0.2) is 66.7 Å². The average Bonchev–Trinajstić information content (AvgIpc) is 2.82. The second-order valence-electron chi connectivity index (χ2n) is 8.66. The van der Waals surface area contributed by atoms with Gasteiger partial charge in [-0.05, 0) is 66.8 Å². The van der Waals surface area contributed by atoms with Crippen LogP contribution in [0, 0.1) is 5.92 Å². The second-order valence-corrected chi connectivity index (χ2v) is 9.47. The molecule has 0 heterocycles. The molecule has 0 saturated heterocycles. The highest BCUT2D eigenvalue weighted by Crippen LogP contribution is 2.28. The van der Waals surface area contributed by atoms with Crippen molar-refractivity contribution in [2.45, 2.75) is 33.1 Å². The Kier molecular flexibility index (Phi) is 9.58. The van der Waals surface area contributed by atoms with E-state index in [1.54, 1.807) is 37.3 Å². The van der Waals surface area contributed by atoms with Crippen LogP contribution in [0.2, 0.25) is 10.0 Å². The van der Waals surface area contributed by atoms with Gasteiger partial charge in [-0.2, -0.15) is 0 Å². The maximum atomic E-state index is 12.8. The van der Waals surface area contributed by atoms with Gasteiger partial charge < -0.3 is 15.4 Å². The van der Waals surface area contributed by atoms with Crippen LogP contribution in [-0.2, 0) is 16.0 Å². The average molecular weight is 513 g/mol. The van der Waals surface area contributed by atoms with Crippen molar-refractivity contribution in [2.75, 3.05) is 23.8 Å². The van der Waals surface area contributed by atoms with E-state index in [0.717, 1.165) is 23.4 Å². The summed E-state index contributed by atoms with van der Waals surface area (Å²) >= 11 is 12.3. The second kappa shape index (κ2) is 12.6. The Bertz CT molecular complexity index is 1140. The zero-order valence-corrected chi connectivity index (χ0v) is 21.6. The quantitative estimate of drug-likeness (QED) is 0.281. The Hall–Kier alpha value is -3.02. The number of halogens is 2. The van der Waals surface area contributed by atoms with E-state index < -0.39 is 5.92 Å². The topological polar surface area (TPSA) is 67.4 Å². The lowest BCUT2D eigenvalue weighted by atomic mass is 9.91. The smallest absolute Gasteiger partial charge is 0.313 e. The molecule has 1 atom stereocenters. The molecule has 3 rings (SSSR count). The molecule has 5 nitrogen and oxygen atoms in total. The van der Waals surface area contributed by atoms with Gasteiger partial charge >= 0.3 is 5.97 Å². The van der Waals surface area contributed by atoms with E-state index in [0.29, 0.717) is 24.6 Å². The van der Waals surface area contributed by atoms with Gasteiger partial charge in [-0.15, -0.1) is 0 Å². The molecule has 3 aromatic rings. The van der Waals surface area contributed by atoms with Gasteiger partial charge in [-0.25, -0.2) is 0 Å². The third-order valence-corrected chi connectivity index (χ3v) is 6.05. The Balaban J connectivity index is 1.76. The zero-order valence-electron chi connectivity index (χ0n) is 20.1. The fourth-order valence-electron chi connectivity index (χ4n) is 3.64. The van der Waals surface area contributed by atoms with Crippen LogP contribution in [0.3, 0.4) is 0 Å². The molecule has 0 aliphatic rings. The number of carbonyl (C=O) groups excluding carboxylic acids is 2. The van der Waals surface area contributed by atoms with Crippen molar-refractivity contribution in [3.63, 3.8) is 0 Å². The predicted molar refractivity (Wildman–Crippen MR) is 144 cm³/mol. The van der Waals surface area contributed by atoms with Crippen molar-refractivity contribution >= 4 is 46.5 Å². The Morgan fingerprint density at radius 2 is 1.57 bits per heavy atom. The van der Waals surface area contributed by atoms with Gasteiger partial charge in [0.1, 0.15) is 0 Å². The molecule has 0 aromatic heterocycles. The molecule has 0 saturated carbocycles. The monoisotopic (exact) mass is 512 g/mol. The van der Waals surface area contributed by atoms with Crippen LogP contribution in [0.1, 0.15) is 48.2 Å². The molecule has 0 bridgehead atoms. The highest BCUT2D eigenvalue weighted by atomic mass is 35.5. The molecule has 7 heteroatoms. The van der Waals surface area contributed by atoms with Gasteiger partial charge in [0.25, 0.3) is 5.91 Å². The van der Waals surface area contributed by atoms with Crippen molar-refractivity contribution < 1.29 is 14.3 Å². The van der Waals surface area contributed by atoms with E-state index in [1.807, 2.05) is 36.4 Å². The minimum Gasteiger partial charge on any atom is -0.466 e. The first-order valence-corrected chi connectivity index (χ1v) is 12.4. The van der Waals surface area contributed by atoms with Crippen molar-refractivity contribution in [1.82, 2.24) is 0 Å². The largest absolute Gasteiger partial charge is 0.466 e. The highest BCUT2D eigenvalue weighted by molar-refractivity contribution is 6.40. The fraction of sp³-hybridized carbons (Fsp3) is 0.286. The van der Waals surface area contributed by atoms with E-state index in [9.17, 15) is 9.59 Å². The molecule has 0 aliphatic carbocycles. The minimum atomic E-state index is -0.446. The van der Waals surface area contributed by atoms with E-state index in [1.165, 1.54) is 0 Å². The van der Waals surface area contributed by atoms with Crippen LogP contribution in [0.5, 0.6) is 0 Å². The van der Waals surface area contributed by atoms with Crippen LogP contribution in [0.4, 0.5) is 11.4 Å². The van der Waals surface area contributed by atoms with E-state index in [2.05, 4.69) is 24.5 Å². The number of hydrogen-bond donors (Lipinski definition) is 2. The summed E-state index contributed by atoms with van der Waals surface area (Å²) in [5.41, 5.74) is 3.64. The summed E-state index contributed by atoms with van der Waals surface area (Å²) in [7, 11) is 0. The van der Waals surface area contributed by atoms with E-state index in [4.69, 9.17) is 27.9 Å². The lowest BCUT2D eigenvalue weighted by Gasteiger charge is -2.18. The number of hydrogen-bond acceptors (Lipinski definition) is 4. The molecular weight excluding hydrogens is 483 g/mol. The fourth-order valence-corrected chi connectivity index (χ4v) is 4.20. The first-order chi connectivity index (χ1) is 16.8. The maximum Gasteiger partial charge on any atom is 0.313 e. The van der Waals surface area contributed by atoms with Crippen molar-refractivity contribution in [2.24, 2.45) is 5.92 Å². The third kappa shape index (κ3) is 7.48. The molecule has 0 aliphatic heterocycles. The van der Waals surface area contributed by atoms with Crippen molar-refractivity contribution in [1.29, 1.82) is 0 Å². The molecule has 1 amide bonds. The summed E-state index contributed by atoms with van der Waals surface area (Å²) in [6.07, 6.45) is 0.469. The molecule has 184 valence electrons. The normalized spacial score (nSPS) is 11.7. The van der Waals surface area contributed by atoms with Gasteiger partial charge in [0, 0.05) is 17.9 Å². The van der Waals surface area contributed by atoms with E-state index in [-0.39, 0.29) is 27.5 Å². The predicted octanol–water partition coefficient (Wildman–Crippen LogP) is 7.20. The maximum absolute atomic E-state index is 12.8. The Labute approximate surface area is 216 Å². The number of benzene rings is 3. The molecule has 2 N–H and O–H groups in total. The number of rotatable bonds is 10. The van der Waals surface area contributed by atoms with Crippen LogP contribution < -0.4 is 10.6 Å². The Morgan fingerprint density at radius 1 is 0.914 bits per heavy atom. The number of esters is 1. The molecule has 3 aromatic carbocycles. The summed E-state index contributed by atoms with van der Waals surface area (Å²) in [6, 6.07) is 20.2. The summed E-state index contributed by atoms with van der Waals surface area (Å²) in [5, 5.41) is 6.80. The van der Waals surface area contributed by atoms with Crippen molar-refractivity contribution in [3.05, 3.63) is 93.5 Å². The van der Waals surface area contributed by atoms with Gasteiger partial charge in [0.15, 0.2) is 0 Å². The van der Waals surface area contributed by atoms with Gasteiger partial charge in [-0.3, -0.25) is 9.59 Å². The third-order valence-electron chi connectivity index (χ3n) is 5.42. The number of nitrogens with one attached hydrogen (secondary N) is 2. The first kappa shape index (κ1) is 26.6. The van der Waals surface area contributed by atoms with Crippen molar-refractivity contribution in [3.8, 4) is 0 Å². The van der Waals surface area contributed by atoms with Gasteiger partial charge in [-0.1, -0.05) is 67.4 Å². The van der Waals surface area contributed by atoms with E-state index >= 15 is 0 Å². The highest BCUT2D eigenvalue weighted by Gasteiger charge is 2.23. The molecule has 1 unspecified atom stereocenters. The summed E-state index contributed by atoms with van der Waals surface area (Å²) in [4.78, 5) is 25.5. The minimum absolute atomic E-state index is 0.230. The molecule has 0 fully saturated rings. The zero-order chi connectivity index (χ0) is 25.4. The van der Waals surface area contributed by atoms with Crippen LogP contribution in [-0.4, -0.2) is 25.0 Å². The van der Waals surface area contributed by atoms with Crippen LogP contribution >= 0.6 is 23.2 Å². The number of ether oxygens (including phenoxy) is 1. The molecule has 0 radical (unpaired) electrons. The molecule has 0 spiro atoms. The number of anilines is 2. The summed E-state index contributed by atoms with van der Waals surface area (Å²) < 4.78 is 5.38. The van der Waals surface area contributed by atoms with Crippen LogP contribution in [0.25, 0.3) is 0 Å². The summed E-state index contributed by atoms with van der Waals surface area (Å²) in [5.74, 6) is -0.590. The lowest BCUT2D eigenvalue weighted by Crippen LogP contribution is -2.19. The van der Waals surface area contributed by atoms with Gasteiger partial charge in [0.05, 0.1) is 28.1 Å². The number of carbonyl (C=O) groups is 2. The Morgan fingerprint density at radius 3 is 2.20 bits per heavy atom. The SMILES string of the molecule is CCOC(=O)C(Cc1ccc(NC(=O)c2c(Cl)cccc2Cl)cc1)c1cccc(NCC(C)C)c1. The molecule has 35 heavy (non-hydrogen) atoms. The first-order valence-electron chi connectivity index (χ1n) is 11.6. The number of amides is 1. The molecular formula is C28H30Cl2N2O3.